The number of H-pyrrole nitrogens is 2. The topological polar surface area (TPSA) is 135 Å². The molecule has 1 aliphatic rings. The van der Waals surface area contributed by atoms with Crippen LogP contribution in [-0.2, 0) is 30.2 Å². The number of halogens is 2. The van der Waals surface area contributed by atoms with Crippen LogP contribution in [0, 0.1) is 0 Å². The van der Waals surface area contributed by atoms with Gasteiger partial charge in [-0.15, -0.1) is 0 Å². The first-order valence-corrected chi connectivity index (χ1v) is 13.4. The summed E-state index contributed by atoms with van der Waals surface area (Å²) in [6.07, 6.45) is 5.45. The smallest absolute Gasteiger partial charge is 0.246 e. The van der Waals surface area contributed by atoms with E-state index in [0.29, 0.717) is 38.6 Å². The molecule has 11 nitrogen and oxygen atoms in total. The Balaban J connectivity index is 1.26. The molecule has 0 saturated carbocycles. The van der Waals surface area contributed by atoms with Crippen molar-refractivity contribution in [1.29, 1.82) is 0 Å². The molecule has 0 amide bonds. The molecule has 4 aromatic heterocycles. The van der Waals surface area contributed by atoms with Crippen LogP contribution < -0.4 is 4.74 Å². The lowest BCUT2D eigenvalue weighted by molar-refractivity contribution is 0.227. The average molecular weight is 559 g/mol. The van der Waals surface area contributed by atoms with Crippen molar-refractivity contribution in [1.82, 2.24) is 39.2 Å². The second kappa shape index (κ2) is 8.84. The summed E-state index contributed by atoms with van der Waals surface area (Å²) < 4.78 is 34.9. The van der Waals surface area contributed by atoms with Gasteiger partial charge in [0.2, 0.25) is 10.0 Å². The molecule has 1 atom stereocenters. The van der Waals surface area contributed by atoms with Crippen molar-refractivity contribution in [2.24, 2.45) is 7.05 Å². The van der Waals surface area contributed by atoms with Crippen molar-refractivity contribution in [2.75, 3.05) is 0 Å². The number of benzene rings is 1. The fourth-order valence-electron chi connectivity index (χ4n) is 4.39. The molecule has 5 aromatic rings. The molecule has 0 bridgehead atoms. The Morgan fingerprint density at radius 3 is 2.62 bits per heavy atom. The molecule has 2 N–H and O–H groups in total. The summed E-state index contributed by atoms with van der Waals surface area (Å²) in [7, 11) is -2.00. The maximum absolute atomic E-state index is 13.0. The first-order chi connectivity index (χ1) is 17.7. The molecule has 0 saturated heterocycles. The van der Waals surface area contributed by atoms with Crippen molar-refractivity contribution in [3.05, 3.63) is 70.0 Å². The number of aromatic nitrogens is 7. The Labute approximate surface area is 221 Å². The molecule has 0 fully saturated rings. The average Bonchev–Trinajstić information content (AvgIpc) is 3.61. The van der Waals surface area contributed by atoms with E-state index in [0.717, 1.165) is 16.6 Å². The standard InChI is InChI=1S/C23H20Cl2N8O3S/c1-12(21-16(24)7-26-8-17(21)25)36-13-3-4-18-15(5-13)22(31-30-18)23-28-19-10-33(11-20(19)29-23)37(34,35)14-6-27-32(2)9-14/h3-9,12H,10-11H2,1-2H3,(H,28,29)(H,30,31). The van der Waals surface area contributed by atoms with E-state index in [9.17, 15) is 8.42 Å². The lowest BCUT2D eigenvalue weighted by atomic mass is 10.1. The predicted octanol–water partition coefficient (Wildman–Crippen LogP) is 4.23. The van der Waals surface area contributed by atoms with Crippen molar-refractivity contribution in [3.8, 4) is 17.3 Å². The van der Waals surface area contributed by atoms with Crippen molar-refractivity contribution < 1.29 is 13.2 Å². The Hall–Kier alpha value is -3.45. The minimum atomic E-state index is -3.67. The molecule has 1 aliphatic heterocycles. The SMILES string of the molecule is CC(Oc1ccc2[nH]nc(-c3nc4c([nH]3)CN(S(=O)(=O)c3cnn(C)c3)C4)c2c1)c1c(Cl)cncc1Cl. The van der Waals surface area contributed by atoms with Crippen LogP contribution in [0.15, 0.2) is 47.9 Å². The third-order valence-electron chi connectivity index (χ3n) is 6.21. The van der Waals surface area contributed by atoms with E-state index >= 15 is 0 Å². The van der Waals surface area contributed by atoms with Gasteiger partial charge in [0.25, 0.3) is 0 Å². The molecule has 1 unspecified atom stereocenters. The zero-order valence-corrected chi connectivity index (χ0v) is 21.9. The highest BCUT2D eigenvalue weighted by Gasteiger charge is 2.34. The highest BCUT2D eigenvalue weighted by molar-refractivity contribution is 7.89. The van der Waals surface area contributed by atoms with Gasteiger partial charge < -0.3 is 9.72 Å². The number of nitrogens with zero attached hydrogens (tertiary/aromatic N) is 6. The van der Waals surface area contributed by atoms with E-state index < -0.39 is 16.1 Å². The van der Waals surface area contributed by atoms with Gasteiger partial charge in [-0.1, -0.05) is 23.2 Å². The van der Waals surface area contributed by atoms with Crippen LogP contribution in [-0.4, -0.2) is 47.7 Å². The van der Waals surface area contributed by atoms with E-state index in [1.807, 2.05) is 25.1 Å². The summed E-state index contributed by atoms with van der Waals surface area (Å²) in [5, 5.41) is 13.1. The minimum absolute atomic E-state index is 0.148. The number of ether oxygens (including phenoxy) is 1. The zero-order valence-electron chi connectivity index (χ0n) is 19.6. The van der Waals surface area contributed by atoms with Crippen molar-refractivity contribution in [3.63, 3.8) is 0 Å². The molecular weight excluding hydrogens is 539 g/mol. The molecule has 1 aromatic carbocycles. The first-order valence-electron chi connectivity index (χ1n) is 11.2. The van der Waals surface area contributed by atoms with Crippen molar-refractivity contribution >= 4 is 44.1 Å². The zero-order chi connectivity index (χ0) is 25.9. The van der Waals surface area contributed by atoms with Gasteiger partial charge in [-0.3, -0.25) is 14.8 Å². The number of sulfonamides is 1. The molecular formula is C23H20Cl2N8O3S. The summed E-state index contributed by atoms with van der Waals surface area (Å²) in [5.41, 5.74) is 3.43. The lowest BCUT2D eigenvalue weighted by Crippen LogP contribution is -2.25. The Kier molecular flexibility index (Phi) is 5.71. The quantitative estimate of drug-likeness (QED) is 0.318. The predicted molar refractivity (Wildman–Crippen MR) is 137 cm³/mol. The van der Waals surface area contributed by atoms with E-state index in [-0.39, 0.29) is 18.0 Å². The summed E-state index contributed by atoms with van der Waals surface area (Å²) in [6.45, 7) is 2.20. The highest BCUT2D eigenvalue weighted by atomic mass is 35.5. The Morgan fingerprint density at radius 1 is 1.14 bits per heavy atom. The molecule has 0 spiro atoms. The van der Waals surface area contributed by atoms with Gasteiger partial charge in [0, 0.05) is 36.6 Å². The van der Waals surface area contributed by atoms with Crippen LogP contribution in [0.4, 0.5) is 0 Å². The van der Waals surface area contributed by atoms with E-state index in [4.69, 9.17) is 27.9 Å². The van der Waals surface area contributed by atoms with Gasteiger partial charge in [-0.05, 0) is 25.1 Å². The summed E-state index contributed by atoms with van der Waals surface area (Å²) >= 11 is 12.6. The van der Waals surface area contributed by atoms with Crippen LogP contribution >= 0.6 is 23.2 Å². The van der Waals surface area contributed by atoms with Gasteiger partial charge in [0.1, 0.15) is 22.4 Å². The molecule has 37 heavy (non-hydrogen) atoms. The molecule has 0 radical (unpaired) electrons. The number of aryl methyl sites for hydroxylation is 1. The maximum atomic E-state index is 13.0. The maximum Gasteiger partial charge on any atom is 0.246 e. The van der Waals surface area contributed by atoms with Gasteiger partial charge in [0.05, 0.1) is 46.2 Å². The summed E-state index contributed by atoms with van der Waals surface area (Å²) in [5.74, 6) is 1.14. The normalized spacial score (nSPS) is 14.8. The van der Waals surface area contributed by atoms with Crippen LogP contribution in [0.25, 0.3) is 22.4 Å². The number of hydrogen-bond acceptors (Lipinski definition) is 7. The molecule has 5 heterocycles. The number of nitrogens with one attached hydrogen (secondary N) is 2. The van der Waals surface area contributed by atoms with Crippen LogP contribution in [0.2, 0.25) is 10.0 Å². The number of aromatic amines is 2. The fraction of sp³-hybridized carbons (Fsp3) is 0.217. The van der Waals surface area contributed by atoms with E-state index in [2.05, 4.69) is 30.2 Å². The van der Waals surface area contributed by atoms with Gasteiger partial charge in [-0.25, -0.2) is 13.4 Å². The Morgan fingerprint density at radius 2 is 1.92 bits per heavy atom. The van der Waals surface area contributed by atoms with Gasteiger partial charge in [0.15, 0.2) is 5.82 Å². The van der Waals surface area contributed by atoms with Gasteiger partial charge >= 0.3 is 0 Å². The second-order valence-corrected chi connectivity index (χ2v) is 11.4. The number of fused-ring (bicyclic) bond motifs is 2. The van der Waals surface area contributed by atoms with Crippen LogP contribution in [0.3, 0.4) is 0 Å². The Bertz CT molecular complexity index is 1720. The largest absolute Gasteiger partial charge is 0.486 e. The van der Waals surface area contributed by atoms with E-state index in [1.165, 1.54) is 33.8 Å². The van der Waals surface area contributed by atoms with Crippen LogP contribution in [0.1, 0.15) is 30.0 Å². The monoisotopic (exact) mass is 558 g/mol. The second-order valence-electron chi connectivity index (χ2n) is 8.69. The number of imidazole rings is 1. The minimum Gasteiger partial charge on any atom is -0.486 e. The molecule has 0 aliphatic carbocycles. The highest BCUT2D eigenvalue weighted by Crippen LogP contribution is 2.35. The number of pyridine rings is 1. The third-order valence-corrected chi connectivity index (χ3v) is 8.56. The lowest BCUT2D eigenvalue weighted by Gasteiger charge is -2.17. The fourth-order valence-corrected chi connectivity index (χ4v) is 6.42. The summed E-state index contributed by atoms with van der Waals surface area (Å²) in [4.78, 5) is 12.0. The number of rotatable bonds is 6. The van der Waals surface area contributed by atoms with E-state index in [1.54, 1.807) is 7.05 Å². The van der Waals surface area contributed by atoms with Crippen molar-refractivity contribution in [2.45, 2.75) is 31.0 Å². The van der Waals surface area contributed by atoms with Gasteiger partial charge in [-0.2, -0.15) is 14.5 Å². The molecule has 6 rings (SSSR count). The first kappa shape index (κ1) is 23.9. The summed E-state index contributed by atoms with van der Waals surface area (Å²) in [6, 6.07) is 5.55. The third kappa shape index (κ3) is 4.15. The number of hydrogen-bond donors (Lipinski definition) is 2. The molecule has 14 heteroatoms. The molecule has 190 valence electrons. The van der Waals surface area contributed by atoms with Crippen LogP contribution in [0.5, 0.6) is 5.75 Å².